The van der Waals surface area contributed by atoms with Gasteiger partial charge in [-0.05, 0) is 26.0 Å². The average Bonchev–Trinajstić information content (AvgIpc) is 2.73. The number of aryl methyl sites for hydroxylation is 2. The average molecular weight is 275 g/mol. The first kappa shape index (κ1) is 11.9. The molecule has 3 aromatic rings. The van der Waals surface area contributed by atoms with Crippen LogP contribution in [0.1, 0.15) is 11.4 Å². The molecule has 5 nitrogen and oxygen atoms in total. The van der Waals surface area contributed by atoms with E-state index in [9.17, 15) is 5.11 Å². The minimum atomic E-state index is 0.190. The molecule has 2 aromatic heterocycles. The minimum absolute atomic E-state index is 0.190. The van der Waals surface area contributed by atoms with Crippen molar-refractivity contribution < 1.29 is 5.11 Å². The maximum Gasteiger partial charge on any atom is 0.179 e. The topological polar surface area (TPSA) is 63.8 Å². The van der Waals surface area contributed by atoms with Crippen molar-refractivity contribution in [1.82, 2.24) is 20.0 Å². The number of rotatable bonds is 1. The first-order chi connectivity index (χ1) is 9.08. The van der Waals surface area contributed by atoms with E-state index < -0.39 is 0 Å². The first-order valence-electron chi connectivity index (χ1n) is 5.75. The third-order valence-corrected chi connectivity index (χ3v) is 3.29. The predicted molar refractivity (Wildman–Crippen MR) is 72.8 cm³/mol. The molecule has 6 heteroatoms. The van der Waals surface area contributed by atoms with Gasteiger partial charge in [-0.15, -0.1) is 5.10 Å². The van der Waals surface area contributed by atoms with E-state index >= 15 is 0 Å². The van der Waals surface area contributed by atoms with Crippen LogP contribution in [-0.4, -0.2) is 25.1 Å². The van der Waals surface area contributed by atoms with Crippen LogP contribution in [0.15, 0.2) is 24.3 Å². The van der Waals surface area contributed by atoms with E-state index in [-0.39, 0.29) is 10.9 Å². The van der Waals surface area contributed by atoms with Crippen molar-refractivity contribution in [3.05, 3.63) is 40.8 Å². The van der Waals surface area contributed by atoms with Crippen LogP contribution in [0.4, 0.5) is 0 Å². The monoisotopic (exact) mass is 274 g/mol. The van der Waals surface area contributed by atoms with Crippen LogP contribution in [-0.2, 0) is 0 Å². The lowest BCUT2D eigenvalue weighted by Gasteiger charge is -2.04. The van der Waals surface area contributed by atoms with Crippen molar-refractivity contribution in [1.29, 1.82) is 0 Å². The highest BCUT2D eigenvalue weighted by molar-refractivity contribution is 6.33. The van der Waals surface area contributed by atoms with Crippen molar-refractivity contribution in [3.8, 4) is 11.4 Å². The summed E-state index contributed by atoms with van der Waals surface area (Å²) in [5.74, 6) is 0.190. The lowest BCUT2D eigenvalue weighted by molar-refractivity contribution is 0.475. The number of aromatic hydroxyl groups is 1. The molecule has 0 radical (unpaired) electrons. The molecule has 0 bridgehead atoms. The molecule has 0 spiro atoms. The number of phenolic OH excluding ortho intramolecular Hbond substituents is 1. The van der Waals surface area contributed by atoms with Gasteiger partial charge in [-0.3, -0.25) is 0 Å². The summed E-state index contributed by atoms with van der Waals surface area (Å²) >= 11 is 6.03. The van der Waals surface area contributed by atoms with Crippen molar-refractivity contribution >= 4 is 22.5 Å². The van der Waals surface area contributed by atoms with E-state index in [1.165, 1.54) is 0 Å². The highest BCUT2D eigenvalue weighted by atomic mass is 35.5. The molecule has 0 unspecified atom stereocenters. The lowest BCUT2D eigenvalue weighted by atomic mass is 10.2. The van der Waals surface area contributed by atoms with Crippen LogP contribution in [0, 0.1) is 13.8 Å². The van der Waals surface area contributed by atoms with Gasteiger partial charge in [0.15, 0.2) is 5.15 Å². The molecule has 0 fully saturated rings. The molecule has 0 atom stereocenters. The summed E-state index contributed by atoms with van der Waals surface area (Å²) in [6.45, 7) is 3.80. The summed E-state index contributed by atoms with van der Waals surface area (Å²) in [5.41, 5.74) is 3.08. The number of nitrogens with zero attached hydrogens (tertiary/aromatic N) is 4. The Morgan fingerprint density at radius 1 is 1.21 bits per heavy atom. The van der Waals surface area contributed by atoms with Gasteiger partial charge in [0.1, 0.15) is 11.3 Å². The smallest absolute Gasteiger partial charge is 0.179 e. The number of fused-ring (bicyclic) bond motifs is 1. The number of phenols is 1. The third kappa shape index (κ3) is 1.82. The Morgan fingerprint density at radius 2 is 2.00 bits per heavy atom. The van der Waals surface area contributed by atoms with Crippen LogP contribution in [0.5, 0.6) is 5.75 Å². The van der Waals surface area contributed by atoms with Crippen LogP contribution < -0.4 is 0 Å². The quantitative estimate of drug-likeness (QED) is 0.741. The molecule has 1 aromatic carbocycles. The maximum atomic E-state index is 9.56. The number of benzene rings is 1. The van der Waals surface area contributed by atoms with Crippen LogP contribution in [0.3, 0.4) is 0 Å². The summed E-state index contributed by atoms with van der Waals surface area (Å²) in [6.07, 6.45) is 0. The Balaban J connectivity index is 2.35. The minimum Gasteiger partial charge on any atom is -0.508 e. The van der Waals surface area contributed by atoms with Crippen LogP contribution in [0.25, 0.3) is 16.6 Å². The van der Waals surface area contributed by atoms with Gasteiger partial charge >= 0.3 is 0 Å². The second-order valence-electron chi connectivity index (χ2n) is 4.32. The first-order valence-corrected chi connectivity index (χ1v) is 6.13. The second kappa shape index (κ2) is 4.20. The zero-order valence-electron chi connectivity index (χ0n) is 10.4. The van der Waals surface area contributed by atoms with Crippen LogP contribution in [0.2, 0.25) is 5.15 Å². The standard InChI is InChI=1S/C13H11ClN4O/c1-7-11-8(2)18(9-4-3-5-10(19)6-9)17-12(11)13(14)16-15-7/h3-6,19H,1-2H3. The Kier molecular flexibility index (Phi) is 2.64. The van der Waals surface area contributed by atoms with E-state index in [4.69, 9.17) is 11.6 Å². The molecule has 0 aliphatic heterocycles. The molecule has 2 heterocycles. The van der Waals surface area contributed by atoms with Gasteiger partial charge in [0.05, 0.1) is 17.1 Å². The van der Waals surface area contributed by atoms with Gasteiger partial charge in [-0.25, -0.2) is 4.68 Å². The van der Waals surface area contributed by atoms with E-state index in [0.29, 0.717) is 5.52 Å². The fraction of sp³-hybridized carbons (Fsp3) is 0.154. The third-order valence-electron chi connectivity index (χ3n) is 3.04. The number of hydrogen-bond acceptors (Lipinski definition) is 4. The Labute approximate surface area is 114 Å². The van der Waals surface area contributed by atoms with Crippen molar-refractivity contribution in [2.24, 2.45) is 0 Å². The summed E-state index contributed by atoms with van der Waals surface area (Å²) < 4.78 is 1.73. The number of halogens is 1. The maximum absolute atomic E-state index is 9.56. The van der Waals surface area contributed by atoms with Gasteiger partial charge in [0.2, 0.25) is 0 Å². The molecule has 0 saturated carbocycles. The Bertz CT molecular complexity index is 782. The fourth-order valence-corrected chi connectivity index (χ4v) is 2.34. The highest BCUT2D eigenvalue weighted by Gasteiger charge is 2.15. The molecule has 0 aliphatic rings. The zero-order chi connectivity index (χ0) is 13.6. The Morgan fingerprint density at radius 3 is 2.68 bits per heavy atom. The predicted octanol–water partition coefficient (Wildman–Crippen LogP) is 2.79. The molecule has 0 saturated heterocycles. The fourth-order valence-electron chi connectivity index (χ4n) is 2.17. The summed E-state index contributed by atoms with van der Waals surface area (Å²) in [6, 6.07) is 6.89. The van der Waals surface area contributed by atoms with E-state index in [1.807, 2.05) is 19.9 Å². The molecule has 0 aliphatic carbocycles. The van der Waals surface area contributed by atoms with Crippen molar-refractivity contribution in [2.45, 2.75) is 13.8 Å². The van der Waals surface area contributed by atoms with Gasteiger partial charge in [-0.2, -0.15) is 10.2 Å². The SMILES string of the molecule is Cc1nnc(Cl)c2nn(-c3cccc(O)c3)c(C)c12. The molecule has 1 N–H and O–H groups in total. The summed E-state index contributed by atoms with van der Waals surface area (Å²) in [5, 5.41) is 23.1. The number of hydrogen-bond donors (Lipinski definition) is 1. The largest absolute Gasteiger partial charge is 0.508 e. The van der Waals surface area contributed by atoms with Gasteiger partial charge in [0, 0.05) is 11.5 Å². The summed E-state index contributed by atoms with van der Waals surface area (Å²) in [7, 11) is 0. The van der Waals surface area contributed by atoms with Crippen molar-refractivity contribution in [3.63, 3.8) is 0 Å². The van der Waals surface area contributed by atoms with Crippen molar-refractivity contribution in [2.75, 3.05) is 0 Å². The molecular weight excluding hydrogens is 264 g/mol. The second-order valence-corrected chi connectivity index (χ2v) is 4.67. The summed E-state index contributed by atoms with van der Waals surface area (Å²) in [4.78, 5) is 0. The zero-order valence-corrected chi connectivity index (χ0v) is 11.2. The molecular formula is C13H11ClN4O. The van der Waals surface area contributed by atoms with Crippen LogP contribution >= 0.6 is 11.6 Å². The van der Waals surface area contributed by atoms with E-state index in [0.717, 1.165) is 22.5 Å². The van der Waals surface area contributed by atoms with Gasteiger partial charge < -0.3 is 5.11 Å². The normalized spacial score (nSPS) is 11.1. The van der Waals surface area contributed by atoms with Gasteiger partial charge in [0.25, 0.3) is 0 Å². The van der Waals surface area contributed by atoms with E-state index in [1.54, 1.807) is 22.9 Å². The van der Waals surface area contributed by atoms with Gasteiger partial charge in [-0.1, -0.05) is 17.7 Å². The molecule has 19 heavy (non-hydrogen) atoms. The molecule has 0 amide bonds. The lowest BCUT2D eigenvalue weighted by Crippen LogP contribution is -1.98. The van der Waals surface area contributed by atoms with E-state index in [2.05, 4.69) is 15.3 Å². The molecule has 3 rings (SSSR count). The highest BCUT2D eigenvalue weighted by Crippen LogP contribution is 2.27. The number of aromatic nitrogens is 4. The molecule has 96 valence electrons. The Hall–Kier alpha value is -2.14.